The van der Waals surface area contributed by atoms with Crippen LogP contribution in [-0.2, 0) is 9.53 Å². The number of allylic oxidation sites excluding steroid dienone is 1. The zero-order valence-corrected chi connectivity index (χ0v) is 7.41. The maximum atomic E-state index is 11.1. The second-order valence-electron chi connectivity index (χ2n) is 3.00. The summed E-state index contributed by atoms with van der Waals surface area (Å²) in [6, 6.07) is 0. The number of esters is 1. The van der Waals surface area contributed by atoms with Gasteiger partial charge in [-0.15, -0.1) is 0 Å². The highest BCUT2D eigenvalue weighted by molar-refractivity contribution is 5.92. The molecular weight excluding hydrogens is 156 g/mol. The van der Waals surface area contributed by atoms with Crippen molar-refractivity contribution in [1.82, 2.24) is 0 Å². The summed E-state index contributed by atoms with van der Waals surface area (Å²) in [7, 11) is 0. The molecule has 1 aliphatic rings. The van der Waals surface area contributed by atoms with Gasteiger partial charge in [0.05, 0.1) is 5.57 Å². The predicted octanol–water partition coefficient (Wildman–Crippen LogP) is 1.02. The largest absolute Gasteiger partial charge is 0.456 e. The molecule has 0 aliphatic carbocycles. The summed E-state index contributed by atoms with van der Waals surface area (Å²) in [5.74, 6) is -0.372. The average Bonchev–Trinajstić information content (AvgIpc) is 2.25. The third kappa shape index (κ3) is 1.67. The maximum absolute atomic E-state index is 11.1. The molecule has 0 amide bonds. The van der Waals surface area contributed by atoms with Crippen molar-refractivity contribution in [3.8, 4) is 0 Å². The summed E-state index contributed by atoms with van der Waals surface area (Å²) >= 11 is 0. The first kappa shape index (κ1) is 9.26. The van der Waals surface area contributed by atoms with Gasteiger partial charge in [0, 0.05) is 0 Å². The normalized spacial score (nSPS) is 32.6. The van der Waals surface area contributed by atoms with E-state index in [2.05, 4.69) is 0 Å². The average molecular weight is 170 g/mol. The highest BCUT2D eigenvalue weighted by atomic mass is 16.6. The Bertz CT molecular complexity index is 208. The van der Waals surface area contributed by atoms with Crippen LogP contribution in [0.4, 0.5) is 0 Å². The van der Waals surface area contributed by atoms with E-state index in [1.54, 1.807) is 13.0 Å². The van der Waals surface area contributed by atoms with Crippen LogP contribution in [0.15, 0.2) is 11.6 Å². The van der Waals surface area contributed by atoms with Crippen molar-refractivity contribution in [3.05, 3.63) is 11.6 Å². The second-order valence-corrected chi connectivity index (χ2v) is 3.00. The molecule has 0 spiro atoms. The minimum atomic E-state index is -0.732. The smallest absolute Gasteiger partial charge is 0.336 e. The highest BCUT2D eigenvalue weighted by Gasteiger charge is 2.34. The van der Waals surface area contributed by atoms with Gasteiger partial charge in [-0.05, 0) is 13.3 Å². The number of cyclic esters (lactones) is 1. The van der Waals surface area contributed by atoms with Crippen molar-refractivity contribution in [1.29, 1.82) is 0 Å². The predicted molar refractivity (Wildman–Crippen MR) is 44.6 cm³/mol. The van der Waals surface area contributed by atoms with Crippen molar-refractivity contribution in [2.45, 2.75) is 38.9 Å². The van der Waals surface area contributed by atoms with Crippen molar-refractivity contribution in [2.75, 3.05) is 0 Å². The van der Waals surface area contributed by atoms with Crippen LogP contribution in [0.25, 0.3) is 0 Å². The molecule has 3 heteroatoms. The molecule has 1 fully saturated rings. The molecule has 0 bridgehead atoms. The molecule has 12 heavy (non-hydrogen) atoms. The Hall–Kier alpha value is -0.830. The molecule has 2 unspecified atom stereocenters. The zero-order chi connectivity index (χ0) is 9.14. The Balaban J connectivity index is 2.69. The van der Waals surface area contributed by atoms with Gasteiger partial charge in [0.15, 0.2) is 0 Å². The van der Waals surface area contributed by atoms with Crippen LogP contribution in [-0.4, -0.2) is 23.3 Å². The lowest BCUT2D eigenvalue weighted by Crippen LogP contribution is -2.17. The third-order valence-corrected chi connectivity index (χ3v) is 1.94. The van der Waals surface area contributed by atoms with Crippen LogP contribution in [0.2, 0.25) is 0 Å². The van der Waals surface area contributed by atoms with E-state index < -0.39 is 6.10 Å². The molecular formula is C9H14O3. The maximum Gasteiger partial charge on any atom is 0.336 e. The number of carbonyl (C=O) groups is 1. The molecule has 0 aromatic heterocycles. The lowest BCUT2D eigenvalue weighted by atomic mass is 10.1. The molecule has 2 atom stereocenters. The first-order valence-corrected chi connectivity index (χ1v) is 4.26. The molecule has 3 nitrogen and oxygen atoms in total. The van der Waals surface area contributed by atoms with Gasteiger partial charge in [-0.2, -0.15) is 0 Å². The summed E-state index contributed by atoms with van der Waals surface area (Å²) in [6.07, 6.45) is 2.42. The van der Waals surface area contributed by atoms with E-state index in [-0.39, 0.29) is 12.1 Å². The lowest BCUT2D eigenvalue weighted by molar-refractivity contribution is -0.138. The Morgan fingerprint density at radius 3 is 2.75 bits per heavy atom. The summed E-state index contributed by atoms with van der Waals surface area (Å²) in [6.45, 7) is 3.71. The van der Waals surface area contributed by atoms with Gasteiger partial charge in [0.2, 0.25) is 0 Å². The first-order valence-electron chi connectivity index (χ1n) is 4.26. The minimum Gasteiger partial charge on any atom is -0.456 e. The molecule has 1 aliphatic heterocycles. The van der Waals surface area contributed by atoms with Gasteiger partial charge >= 0.3 is 5.97 Å². The van der Waals surface area contributed by atoms with Crippen LogP contribution < -0.4 is 0 Å². The number of aliphatic hydroxyl groups is 1. The molecule has 1 N–H and O–H groups in total. The van der Waals surface area contributed by atoms with Crippen LogP contribution in [0.3, 0.4) is 0 Å². The number of hydrogen-bond acceptors (Lipinski definition) is 3. The number of carbonyl (C=O) groups excluding carboxylic acids is 1. The molecule has 0 aromatic rings. The second kappa shape index (κ2) is 3.72. The first-order chi connectivity index (χ1) is 5.66. The Kier molecular flexibility index (Phi) is 2.87. The van der Waals surface area contributed by atoms with Crippen molar-refractivity contribution in [3.63, 3.8) is 0 Å². The number of aliphatic hydroxyl groups excluding tert-OH is 1. The fourth-order valence-corrected chi connectivity index (χ4v) is 1.18. The van der Waals surface area contributed by atoms with Crippen LogP contribution in [0.5, 0.6) is 0 Å². The minimum absolute atomic E-state index is 0.372. The summed E-state index contributed by atoms with van der Waals surface area (Å²) in [5, 5.41) is 9.44. The Labute approximate surface area is 72.0 Å². The van der Waals surface area contributed by atoms with Crippen molar-refractivity contribution < 1.29 is 14.6 Å². The molecule has 1 saturated heterocycles. The van der Waals surface area contributed by atoms with E-state index >= 15 is 0 Å². The van der Waals surface area contributed by atoms with E-state index in [1.165, 1.54) is 0 Å². The molecule has 1 rings (SSSR count). The van der Waals surface area contributed by atoms with Gasteiger partial charge in [0.1, 0.15) is 12.2 Å². The van der Waals surface area contributed by atoms with Gasteiger partial charge in [-0.25, -0.2) is 4.79 Å². The number of rotatable bonds is 2. The summed E-state index contributed by atoms with van der Waals surface area (Å²) in [5.41, 5.74) is 0.421. The van der Waals surface area contributed by atoms with Gasteiger partial charge in [0.25, 0.3) is 0 Å². The van der Waals surface area contributed by atoms with Crippen molar-refractivity contribution in [2.24, 2.45) is 0 Å². The van der Waals surface area contributed by atoms with Crippen molar-refractivity contribution >= 4 is 5.97 Å². The summed E-state index contributed by atoms with van der Waals surface area (Å²) in [4.78, 5) is 11.1. The molecule has 0 radical (unpaired) electrons. The van der Waals surface area contributed by atoms with E-state index in [0.717, 1.165) is 12.8 Å². The van der Waals surface area contributed by atoms with Gasteiger partial charge < -0.3 is 9.84 Å². The van der Waals surface area contributed by atoms with E-state index in [0.29, 0.717) is 5.57 Å². The highest BCUT2D eigenvalue weighted by Crippen LogP contribution is 2.21. The van der Waals surface area contributed by atoms with Crippen LogP contribution in [0, 0.1) is 0 Å². The van der Waals surface area contributed by atoms with E-state index in [4.69, 9.17) is 4.74 Å². The topological polar surface area (TPSA) is 46.5 Å². The summed E-state index contributed by atoms with van der Waals surface area (Å²) < 4.78 is 4.83. The monoisotopic (exact) mass is 170 g/mol. The molecule has 1 heterocycles. The fourth-order valence-electron chi connectivity index (χ4n) is 1.18. The quantitative estimate of drug-likeness (QED) is 0.497. The third-order valence-electron chi connectivity index (χ3n) is 1.94. The lowest BCUT2D eigenvalue weighted by Gasteiger charge is -2.04. The SMILES string of the molecule is CCC/C=C1\C(=O)OC(C)C1O. The Morgan fingerprint density at radius 2 is 2.33 bits per heavy atom. The Morgan fingerprint density at radius 1 is 1.67 bits per heavy atom. The van der Waals surface area contributed by atoms with Crippen LogP contribution in [0.1, 0.15) is 26.7 Å². The van der Waals surface area contributed by atoms with E-state index in [1.807, 2.05) is 6.92 Å². The molecule has 0 aromatic carbocycles. The fraction of sp³-hybridized carbons (Fsp3) is 0.667. The zero-order valence-electron chi connectivity index (χ0n) is 7.41. The van der Waals surface area contributed by atoms with E-state index in [9.17, 15) is 9.90 Å². The van der Waals surface area contributed by atoms with Gasteiger partial charge in [-0.3, -0.25) is 0 Å². The number of hydrogen-bond donors (Lipinski definition) is 1. The van der Waals surface area contributed by atoms with Crippen LogP contribution >= 0.6 is 0 Å². The molecule has 68 valence electrons. The van der Waals surface area contributed by atoms with Gasteiger partial charge in [-0.1, -0.05) is 19.4 Å². The number of unbranched alkanes of at least 4 members (excludes halogenated alkanes) is 1. The number of ether oxygens (including phenoxy) is 1. The standard InChI is InChI=1S/C9H14O3/c1-3-4-5-7-8(10)6(2)12-9(7)11/h5-6,8,10H,3-4H2,1-2H3/b7-5-. The molecule has 0 saturated carbocycles.